The van der Waals surface area contributed by atoms with E-state index in [9.17, 15) is 13.2 Å². The molecule has 156 valence electrons. The van der Waals surface area contributed by atoms with Gasteiger partial charge in [-0.2, -0.15) is 4.31 Å². The van der Waals surface area contributed by atoms with Crippen molar-refractivity contribution in [2.24, 2.45) is 5.92 Å². The number of sulfonamides is 1. The Morgan fingerprint density at radius 1 is 1.17 bits per heavy atom. The number of hydrogen-bond donors (Lipinski definition) is 1. The highest BCUT2D eigenvalue weighted by Crippen LogP contribution is 2.32. The summed E-state index contributed by atoms with van der Waals surface area (Å²) in [5.74, 6) is -0.00133. The molecule has 1 amide bonds. The molecule has 2 aromatic carbocycles. The molecule has 0 bridgehead atoms. The molecule has 0 saturated carbocycles. The molecule has 0 aliphatic carbocycles. The van der Waals surface area contributed by atoms with E-state index in [-0.39, 0.29) is 41.6 Å². The Hall–Kier alpha value is -2.09. The Kier molecular flexibility index (Phi) is 6.82. The van der Waals surface area contributed by atoms with Crippen LogP contribution in [-0.4, -0.2) is 38.8 Å². The molecule has 1 aliphatic heterocycles. The zero-order valence-electron chi connectivity index (χ0n) is 16.5. The van der Waals surface area contributed by atoms with E-state index in [0.717, 1.165) is 5.56 Å². The van der Waals surface area contributed by atoms with E-state index >= 15 is 0 Å². The second-order valence-corrected chi connectivity index (χ2v) is 9.46. The number of ether oxygens (including phenoxy) is 1. The number of nitrogens with zero attached hydrogens (tertiary/aromatic N) is 1. The Balaban J connectivity index is 1.64. The maximum atomic E-state index is 13.0. The smallest absolute Gasteiger partial charge is 0.246 e. The van der Waals surface area contributed by atoms with Gasteiger partial charge in [-0.05, 0) is 43.5 Å². The summed E-state index contributed by atoms with van der Waals surface area (Å²) in [4.78, 5) is 12.7. The van der Waals surface area contributed by atoms with E-state index in [1.54, 1.807) is 12.1 Å². The van der Waals surface area contributed by atoms with Crippen molar-refractivity contribution in [1.29, 1.82) is 0 Å². The zero-order valence-corrected chi connectivity index (χ0v) is 18.0. The fourth-order valence-electron chi connectivity index (χ4n) is 3.51. The van der Waals surface area contributed by atoms with Gasteiger partial charge >= 0.3 is 0 Å². The molecule has 0 radical (unpaired) electrons. The monoisotopic (exact) mass is 436 g/mol. The van der Waals surface area contributed by atoms with Crippen LogP contribution >= 0.6 is 11.6 Å². The first-order valence-electron chi connectivity index (χ1n) is 9.52. The third kappa shape index (κ3) is 4.91. The summed E-state index contributed by atoms with van der Waals surface area (Å²) in [6.07, 6.45) is 0.935. The number of rotatable bonds is 6. The predicted molar refractivity (Wildman–Crippen MR) is 112 cm³/mol. The zero-order chi connectivity index (χ0) is 21.0. The van der Waals surface area contributed by atoms with Gasteiger partial charge in [0.05, 0.1) is 13.2 Å². The maximum absolute atomic E-state index is 13.0. The molecule has 1 fully saturated rings. The average molecular weight is 437 g/mol. The molecule has 1 heterocycles. The number of benzene rings is 2. The van der Waals surface area contributed by atoms with E-state index in [1.807, 2.05) is 37.3 Å². The first kappa shape index (κ1) is 21.6. The van der Waals surface area contributed by atoms with Crippen LogP contribution in [0.15, 0.2) is 53.4 Å². The quantitative estimate of drug-likeness (QED) is 0.750. The largest absolute Gasteiger partial charge is 0.495 e. The Bertz CT molecular complexity index is 958. The standard InChI is InChI=1S/C21H25ClN2O4S/c1-15(16-6-4-3-5-7-16)23-21(25)17-10-12-24(13-11-17)29(26,27)20-14-18(22)8-9-19(20)28-2/h3-9,14-15,17H,10-13H2,1-2H3,(H,23,25). The third-order valence-corrected chi connectivity index (χ3v) is 7.38. The van der Waals surface area contributed by atoms with Crippen LogP contribution in [-0.2, 0) is 14.8 Å². The van der Waals surface area contributed by atoms with Crippen molar-refractivity contribution in [2.45, 2.75) is 30.7 Å². The van der Waals surface area contributed by atoms with Crippen LogP contribution in [0.5, 0.6) is 5.75 Å². The van der Waals surface area contributed by atoms with Gasteiger partial charge in [0, 0.05) is 24.0 Å². The van der Waals surface area contributed by atoms with Gasteiger partial charge in [0.2, 0.25) is 15.9 Å². The number of halogens is 1. The summed E-state index contributed by atoms with van der Waals surface area (Å²) in [7, 11) is -2.33. The highest BCUT2D eigenvalue weighted by atomic mass is 35.5. The lowest BCUT2D eigenvalue weighted by atomic mass is 9.96. The SMILES string of the molecule is COc1ccc(Cl)cc1S(=O)(=O)N1CCC(C(=O)NC(C)c2ccccc2)CC1. The second-order valence-electron chi connectivity index (χ2n) is 7.11. The molecule has 3 rings (SSSR count). The minimum atomic E-state index is -3.75. The predicted octanol–water partition coefficient (Wildman–Crippen LogP) is 3.63. The average Bonchev–Trinajstić information content (AvgIpc) is 2.74. The molecule has 8 heteroatoms. The van der Waals surface area contributed by atoms with Crippen molar-refractivity contribution < 1.29 is 17.9 Å². The number of methoxy groups -OCH3 is 1. The van der Waals surface area contributed by atoms with E-state index in [4.69, 9.17) is 16.3 Å². The molecular weight excluding hydrogens is 412 g/mol. The lowest BCUT2D eigenvalue weighted by Crippen LogP contribution is -2.43. The van der Waals surface area contributed by atoms with Crippen LogP contribution in [0, 0.1) is 5.92 Å². The molecule has 1 N–H and O–H groups in total. The molecule has 29 heavy (non-hydrogen) atoms. The van der Waals surface area contributed by atoms with E-state index in [1.165, 1.54) is 17.5 Å². The number of carbonyl (C=O) groups is 1. The fourth-order valence-corrected chi connectivity index (χ4v) is 5.39. The van der Waals surface area contributed by atoms with Crippen molar-refractivity contribution >= 4 is 27.5 Å². The first-order chi connectivity index (χ1) is 13.8. The highest BCUT2D eigenvalue weighted by molar-refractivity contribution is 7.89. The fraction of sp³-hybridized carbons (Fsp3) is 0.381. The van der Waals surface area contributed by atoms with Crippen molar-refractivity contribution in [3.8, 4) is 5.75 Å². The van der Waals surface area contributed by atoms with Gasteiger partial charge in [-0.3, -0.25) is 4.79 Å². The van der Waals surface area contributed by atoms with Crippen molar-refractivity contribution in [2.75, 3.05) is 20.2 Å². The molecule has 0 aromatic heterocycles. The number of piperidine rings is 1. The van der Waals surface area contributed by atoms with Crippen LogP contribution in [0.1, 0.15) is 31.4 Å². The van der Waals surface area contributed by atoms with Crippen molar-refractivity contribution in [3.05, 3.63) is 59.1 Å². The molecular formula is C21H25ClN2O4S. The summed E-state index contributed by atoms with van der Waals surface area (Å²) in [5, 5.41) is 3.36. The molecule has 1 unspecified atom stereocenters. The third-order valence-electron chi connectivity index (χ3n) is 5.23. The summed E-state index contributed by atoms with van der Waals surface area (Å²) < 4.78 is 32.7. The van der Waals surface area contributed by atoms with Crippen LogP contribution in [0.25, 0.3) is 0 Å². The first-order valence-corrected chi connectivity index (χ1v) is 11.3. The Labute approximate surface area is 176 Å². The van der Waals surface area contributed by atoms with E-state index in [2.05, 4.69) is 5.32 Å². The van der Waals surface area contributed by atoms with Crippen molar-refractivity contribution in [3.63, 3.8) is 0 Å². The topological polar surface area (TPSA) is 75.7 Å². The van der Waals surface area contributed by atoms with E-state index < -0.39 is 10.0 Å². The summed E-state index contributed by atoms with van der Waals surface area (Å²) in [5.41, 5.74) is 1.04. The lowest BCUT2D eigenvalue weighted by Gasteiger charge is -2.31. The number of nitrogens with one attached hydrogen (secondary N) is 1. The minimum absolute atomic E-state index is 0.0428. The van der Waals surface area contributed by atoms with Crippen LogP contribution < -0.4 is 10.1 Å². The van der Waals surface area contributed by atoms with Crippen LogP contribution in [0.3, 0.4) is 0 Å². The summed E-state index contributed by atoms with van der Waals surface area (Å²) >= 11 is 5.99. The Morgan fingerprint density at radius 2 is 1.83 bits per heavy atom. The summed E-state index contributed by atoms with van der Waals surface area (Å²) in [6.45, 7) is 2.49. The lowest BCUT2D eigenvalue weighted by molar-refractivity contribution is -0.126. The van der Waals surface area contributed by atoms with Gasteiger partial charge < -0.3 is 10.1 Å². The van der Waals surface area contributed by atoms with Gasteiger partial charge in [0.25, 0.3) is 0 Å². The van der Waals surface area contributed by atoms with Crippen molar-refractivity contribution in [1.82, 2.24) is 9.62 Å². The molecule has 6 nitrogen and oxygen atoms in total. The van der Waals surface area contributed by atoms with Gasteiger partial charge in [-0.25, -0.2) is 8.42 Å². The second kappa shape index (κ2) is 9.15. The van der Waals surface area contributed by atoms with Crippen LogP contribution in [0.2, 0.25) is 5.02 Å². The highest BCUT2D eigenvalue weighted by Gasteiger charge is 2.34. The molecule has 0 spiro atoms. The molecule has 1 atom stereocenters. The van der Waals surface area contributed by atoms with E-state index in [0.29, 0.717) is 17.9 Å². The maximum Gasteiger partial charge on any atom is 0.246 e. The van der Waals surface area contributed by atoms with Crippen LogP contribution in [0.4, 0.5) is 0 Å². The molecule has 1 saturated heterocycles. The number of amides is 1. The van der Waals surface area contributed by atoms with Gasteiger partial charge in [-0.15, -0.1) is 0 Å². The summed E-state index contributed by atoms with van der Waals surface area (Å²) in [6, 6.07) is 14.2. The van der Waals surface area contributed by atoms with Gasteiger partial charge in [-0.1, -0.05) is 41.9 Å². The molecule has 2 aromatic rings. The van der Waals surface area contributed by atoms with Gasteiger partial charge in [0.15, 0.2) is 0 Å². The minimum Gasteiger partial charge on any atom is -0.495 e. The Morgan fingerprint density at radius 3 is 2.45 bits per heavy atom. The number of hydrogen-bond acceptors (Lipinski definition) is 4. The number of carbonyl (C=O) groups excluding carboxylic acids is 1. The normalized spacial score (nSPS) is 16.9. The van der Waals surface area contributed by atoms with Gasteiger partial charge in [0.1, 0.15) is 10.6 Å². The molecule has 1 aliphatic rings.